The van der Waals surface area contributed by atoms with Gasteiger partial charge in [0.1, 0.15) is 0 Å². The molecular weight excluding hydrogens is 593 g/mol. The normalized spacial score (nSPS) is 46.0. The zero-order chi connectivity index (χ0) is 34.8. The third-order valence-corrected chi connectivity index (χ3v) is 23.4. The minimum atomic E-state index is -1.58. The van der Waals surface area contributed by atoms with Crippen LogP contribution in [0.15, 0.2) is 12.7 Å². The summed E-state index contributed by atoms with van der Waals surface area (Å²) in [6, 6.07) is 0. The Labute approximate surface area is 302 Å². The highest BCUT2D eigenvalue weighted by Crippen LogP contribution is 2.70. The van der Waals surface area contributed by atoms with Crippen molar-refractivity contribution in [1.82, 2.24) is 0 Å². The Kier molecular flexibility index (Phi) is 11.3. The zero-order valence-electron chi connectivity index (χ0n) is 34.3. The van der Waals surface area contributed by atoms with Gasteiger partial charge >= 0.3 is 0 Å². The van der Waals surface area contributed by atoms with Crippen molar-refractivity contribution < 1.29 is 0 Å². The third kappa shape index (κ3) is 7.03. The number of hydrogen-bond donors (Lipinski definition) is 0. The van der Waals surface area contributed by atoms with Gasteiger partial charge in [-0.05, 0) is 182 Å². The number of hydrogen-bond acceptors (Lipinski definition) is 0. The zero-order valence-corrected chi connectivity index (χ0v) is 35.3. The highest BCUT2D eigenvalue weighted by Gasteiger charge is 2.63. The van der Waals surface area contributed by atoms with Crippen molar-refractivity contribution in [2.75, 3.05) is 0 Å². The van der Waals surface area contributed by atoms with Crippen molar-refractivity contribution in [3.8, 4) is 0 Å². The lowest BCUT2D eigenvalue weighted by Gasteiger charge is -2.51. The molecule has 0 bridgehead atoms. The first-order valence-corrected chi connectivity index (χ1v) is 25.3. The van der Waals surface area contributed by atoms with Gasteiger partial charge in [-0.15, -0.1) is 6.58 Å². The van der Waals surface area contributed by atoms with Crippen molar-refractivity contribution >= 4 is 8.07 Å². The molecule has 0 aromatic heterocycles. The van der Waals surface area contributed by atoms with Crippen LogP contribution in [0.2, 0.25) is 24.2 Å². The summed E-state index contributed by atoms with van der Waals surface area (Å²) < 4.78 is 0. The van der Waals surface area contributed by atoms with E-state index in [1.165, 1.54) is 51.4 Å². The maximum Gasteiger partial charge on any atom is 0.0547 e. The van der Waals surface area contributed by atoms with E-state index in [-0.39, 0.29) is 0 Å². The van der Waals surface area contributed by atoms with Gasteiger partial charge in [-0.3, -0.25) is 0 Å². The van der Waals surface area contributed by atoms with Crippen LogP contribution in [0.1, 0.15) is 165 Å². The molecule has 0 saturated heterocycles. The molecule has 0 amide bonds. The predicted octanol–water partition coefficient (Wildman–Crippen LogP) is 14.7. The van der Waals surface area contributed by atoms with Gasteiger partial charge < -0.3 is 0 Å². The van der Waals surface area contributed by atoms with Crippen molar-refractivity contribution in [3.05, 3.63) is 12.7 Å². The summed E-state index contributed by atoms with van der Waals surface area (Å²) >= 11 is 0. The molecule has 0 aromatic rings. The molecule has 6 fully saturated rings. The standard InChI is InChI=1S/C47H84Si/c1-13-16-36-31(4)44(40-20-15-18-38(43(36)40)33-23-27-35(28-24-33)47(8,9)10)48(11,12)45-39-19-14-17-37(42(39)29-41(45)30(2)3)32-21-25-34(26-22-32)46(5,6)7/h13,30-45H,1,14-29H2,2-12H3. The minimum absolute atomic E-state index is 0.490. The van der Waals surface area contributed by atoms with Gasteiger partial charge in [0.15, 0.2) is 0 Å². The molecule has 0 aromatic carbocycles. The summed E-state index contributed by atoms with van der Waals surface area (Å²) in [7, 11) is -1.58. The molecule has 11 atom stereocenters. The van der Waals surface area contributed by atoms with Crippen LogP contribution in [0, 0.1) is 93.7 Å². The maximum atomic E-state index is 4.41. The molecule has 0 nitrogen and oxygen atoms in total. The van der Waals surface area contributed by atoms with Gasteiger partial charge in [-0.1, -0.05) is 107 Å². The Morgan fingerprint density at radius 3 is 1.60 bits per heavy atom. The monoisotopic (exact) mass is 677 g/mol. The molecule has 11 unspecified atom stereocenters. The van der Waals surface area contributed by atoms with Crippen LogP contribution < -0.4 is 0 Å². The quantitative estimate of drug-likeness (QED) is 0.186. The van der Waals surface area contributed by atoms with E-state index < -0.39 is 8.07 Å². The van der Waals surface area contributed by atoms with Crippen LogP contribution in [0.4, 0.5) is 0 Å². The van der Waals surface area contributed by atoms with Crippen molar-refractivity contribution in [1.29, 1.82) is 0 Å². The Morgan fingerprint density at radius 1 is 0.625 bits per heavy atom. The van der Waals surface area contributed by atoms with E-state index in [0.29, 0.717) is 10.8 Å². The summed E-state index contributed by atoms with van der Waals surface area (Å²) in [6.45, 7) is 33.6. The first-order valence-electron chi connectivity index (χ1n) is 22.2. The van der Waals surface area contributed by atoms with E-state index in [0.717, 1.165) is 93.9 Å². The first-order chi connectivity index (χ1) is 22.6. The molecule has 0 heterocycles. The van der Waals surface area contributed by atoms with Crippen molar-refractivity contribution in [2.24, 2.45) is 93.7 Å². The molecule has 6 aliphatic carbocycles. The van der Waals surface area contributed by atoms with E-state index in [1.807, 2.05) is 0 Å². The third-order valence-electron chi connectivity index (χ3n) is 18.1. The van der Waals surface area contributed by atoms with E-state index in [2.05, 4.69) is 88.1 Å². The average molecular weight is 677 g/mol. The summed E-state index contributed by atoms with van der Waals surface area (Å²) in [5, 5.41) is 0. The molecule has 276 valence electrons. The highest BCUT2D eigenvalue weighted by atomic mass is 28.3. The van der Waals surface area contributed by atoms with E-state index >= 15 is 0 Å². The Balaban J connectivity index is 1.25. The minimum Gasteiger partial charge on any atom is -0.103 e. The van der Waals surface area contributed by atoms with Crippen molar-refractivity contribution in [3.63, 3.8) is 0 Å². The van der Waals surface area contributed by atoms with Gasteiger partial charge in [0.25, 0.3) is 0 Å². The molecule has 1 heteroatoms. The number of fused-ring (bicyclic) bond motifs is 2. The van der Waals surface area contributed by atoms with Gasteiger partial charge in [0.05, 0.1) is 8.07 Å². The van der Waals surface area contributed by atoms with Crippen LogP contribution in [0.25, 0.3) is 0 Å². The van der Waals surface area contributed by atoms with Crippen molar-refractivity contribution in [2.45, 2.75) is 189 Å². The second-order valence-electron chi connectivity index (χ2n) is 22.8. The summed E-state index contributed by atoms with van der Waals surface area (Å²) in [4.78, 5) is 0. The van der Waals surface area contributed by atoms with E-state index in [1.54, 1.807) is 51.4 Å². The van der Waals surface area contributed by atoms with Crippen LogP contribution in [-0.2, 0) is 0 Å². The van der Waals surface area contributed by atoms with Crippen LogP contribution in [-0.4, -0.2) is 8.07 Å². The second kappa shape index (κ2) is 14.4. The SMILES string of the molecule is C=CCC1C(C)C([Si](C)(C)C2C(C(C)C)CC3C(C4CCC(C(C)(C)C)CC4)CCCC32)C2CCCC(C3CCC(C(C)(C)C)CC3)C12. The van der Waals surface area contributed by atoms with E-state index in [4.69, 9.17) is 0 Å². The Bertz CT molecular complexity index is 1050. The number of rotatable bonds is 7. The maximum absolute atomic E-state index is 4.41. The highest BCUT2D eigenvalue weighted by molar-refractivity contribution is 6.80. The smallest absolute Gasteiger partial charge is 0.0547 e. The van der Waals surface area contributed by atoms with Crippen LogP contribution in [0.3, 0.4) is 0 Å². The van der Waals surface area contributed by atoms with Crippen LogP contribution in [0.5, 0.6) is 0 Å². The fourth-order valence-corrected chi connectivity index (χ4v) is 22.7. The summed E-state index contributed by atoms with van der Waals surface area (Å²) in [5.41, 5.74) is 3.09. The molecule has 0 spiro atoms. The van der Waals surface area contributed by atoms with Crippen LogP contribution >= 0.6 is 0 Å². The first kappa shape index (κ1) is 37.7. The molecule has 0 N–H and O–H groups in total. The molecule has 6 aliphatic rings. The Morgan fingerprint density at radius 2 is 1.10 bits per heavy atom. The fourth-order valence-electron chi connectivity index (χ4n) is 16.0. The fraction of sp³-hybridized carbons (Fsp3) is 0.957. The lowest BCUT2D eigenvalue weighted by atomic mass is 9.60. The number of allylic oxidation sites excluding steroid dienone is 1. The molecule has 48 heavy (non-hydrogen) atoms. The average Bonchev–Trinajstić information content (AvgIpc) is 3.57. The topological polar surface area (TPSA) is 0 Å². The molecule has 0 aliphatic heterocycles. The summed E-state index contributed by atoms with van der Waals surface area (Å²) in [5.74, 6) is 13.8. The molecule has 6 saturated carbocycles. The van der Waals surface area contributed by atoms with Gasteiger partial charge in [0.2, 0.25) is 0 Å². The van der Waals surface area contributed by atoms with Gasteiger partial charge in [0, 0.05) is 0 Å². The molecule has 6 rings (SSSR count). The lowest BCUT2D eigenvalue weighted by Crippen LogP contribution is -2.48. The van der Waals surface area contributed by atoms with Gasteiger partial charge in [-0.25, -0.2) is 0 Å². The molecule has 0 radical (unpaired) electrons. The van der Waals surface area contributed by atoms with Gasteiger partial charge in [-0.2, -0.15) is 0 Å². The largest absolute Gasteiger partial charge is 0.103 e. The lowest BCUT2D eigenvalue weighted by molar-refractivity contribution is 0.0443. The van der Waals surface area contributed by atoms with E-state index in [9.17, 15) is 0 Å². The predicted molar refractivity (Wildman–Crippen MR) is 214 cm³/mol. The molecular formula is C47H84Si. The summed E-state index contributed by atoms with van der Waals surface area (Å²) in [6.07, 6.45) is 26.7. The second-order valence-corrected chi connectivity index (χ2v) is 27.8. The Hall–Kier alpha value is -0.0431.